The van der Waals surface area contributed by atoms with Crippen molar-refractivity contribution in [2.24, 2.45) is 0 Å². The average molecular weight is 163 g/mol. The van der Waals surface area contributed by atoms with Gasteiger partial charge in [-0.2, -0.15) is 5.26 Å². The van der Waals surface area contributed by atoms with Crippen molar-refractivity contribution in [1.82, 2.24) is 0 Å². The van der Waals surface area contributed by atoms with Crippen molar-refractivity contribution in [3.63, 3.8) is 0 Å². The van der Waals surface area contributed by atoms with Crippen LogP contribution in [0.25, 0.3) is 0 Å². The number of hydrogen-bond donors (Lipinski definition) is 0. The molecule has 1 aromatic rings. The van der Waals surface area contributed by atoms with E-state index in [2.05, 4.69) is 0 Å². The van der Waals surface area contributed by atoms with Crippen LogP contribution in [0.4, 0.5) is 4.39 Å². The van der Waals surface area contributed by atoms with Crippen LogP contribution in [-0.2, 0) is 4.74 Å². The van der Waals surface area contributed by atoms with Crippen molar-refractivity contribution in [3.8, 4) is 6.07 Å². The van der Waals surface area contributed by atoms with Gasteiger partial charge < -0.3 is 4.74 Å². The molecule has 0 N–H and O–H groups in total. The minimum absolute atomic E-state index is 0.143. The van der Waals surface area contributed by atoms with Crippen molar-refractivity contribution >= 4 is 0 Å². The van der Waals surface area contributed by atoms with E-state index >= 15 is 0 Å². The highest BCUT2D eigenvalue weighted by Crippen LogP contribution is 2.37. The van der Waals surface area contributed by atoms with E-state index in [1.165, 1.54) is 12.1 Å². The molecule has 0 saturated carbocycles. The first-order valence-electron chi connectivity index (χ1n) is 3.62. The number of ether oxygens (including phenoxy) is 1. The van der Waals surface area contributed by atoms with Crippen LogP contribution < -0.4 is 0 Å². The lowest BCUT2D eigenvalue weighted by molar-refractivity contribution is 0.396. The molecular formula is C9H6FNO. The number of halogens is 1. The number of hydrogen-bond acceptors (Lipinski definition) is 2. The summed E-state index contributed by atoms with van der Waals surface area (Å²) in [5.74, 6) is -0.270. The fourth-order valence-corrected chi connectivity index (χ4v) is 1.12. The Hall–Kier alpha value is -1.40. The maximum absolute atomic E-state index is 12.4. The van der Waals surface area contributed by atoms with Crippen LogP contribution in [-0.4, -0.2) is 6.10 Å². The third kappa shape index (κ3) is 1.17. The fraction of sp³-hybridized carbons (Fsp3) is 0.222. The van der Waals surface area contributed by atoms with E-state index in [9.17, 15) is 4.39 Å². The highest BCUT2D eigenvalue weighted by atomic mass is 19.1. The maximum atomic E-state index is 12.4. The summed E-state index contributed by atoms with van der Waals surface area (Å²) < 4.78 is 17.5. The van der Waals surface area contributed by atoms with Gasteiger partial charge in [0.25, 0.3) is 0 Å². The summed E-state index contributed by atoms with van der Waals surface area (Å²) in [6.07, 6.45) is -0.480. The number of nitrogens with zero attached hydrogens (tertiary/aromatic N) is 1. The molecule has 1 saturated heterocycles. The summed E-state index contributed by atoms with van der Waals surface area (Å²) in [7, 11) is 0. The van der Waals surface area contributed by atoms with Crippen molar-refractivity contribution in [2.75, 3.05) is 0 Å². The van der Waals surface area contributed by atoms with Crippen molar-refractivity contribution in [3.05, 3.63) is 35.6 Å². The van der Waals surface area contributed by atoms with Crippen molar-refractivity contribution < 1.29 is 9.13 Å². The van der Waals surface area contributed by atoms with Crippen LogP contribution in [0.2, 0.25) is 0 Å². The summed E-state index contributed by atoms with van der Waals surface area (Å²) in [5.41, 5.74) is 0.864. The minimum Gasteiger partial charge on any atom is -0.348 e. The molecule has 60 valence electrons. The van der Waals surface area contributed by atoms with Crippen LogP contribution in [0, 0.1) is 17.1 Å². The van der Waals surface area contributed by atoms with E-state index in [1.807, 2.05) is 6.07 Å². The summed E-state index contributed by atoms with van der Waals surface area (Å²) in [5, 5.41) is 8.44. The maximum Gasteiger partial charge on any atom is 0.175 e. The van der Waals surface area contributed by atoms with Gasteiger partial charge in [-0.1, -0.05) is 12.1 Å². The fourth-order valence-electron chi connectivity index (χ4n) is 1.12. The molecule has 1 aliphatic rings. The molecule has 1 aromatic carbocycles. The highest BCUT2D eigenvalue weighted by Gasteiger charge is 2.40. The minimum atomic E-state index is -0.338. The number of epoxide rings is 1. The Bertz CT molecular complexity index is 327. The van der Waals surface area contributed by atoms with E-state index in [4.69, 9.17) is 10.00 Å². The first-order chi connectivity index (χ1) is 5.81. The van der Waals surface area contributed by atoms with E-state index in [0.717, 1.165) is 5.56 Å². The van der Waals surface area contributed by atoms with E-state index in [1.54, 1.807) is 12.1 Å². The molecule has 1 aliphatic heterocycles. The molecule has 0 aromatic heterocycles. The Balaban J connectivity index is 2.17. The quantitative estimate of drug-likeness (QED) is 0.592. The molecule has 3 heteroatoms. The van der Waals surface area contributed by atoms with Gasteiger partial charge in [-0.3, -0.25) is 0 Å². The SMILES string of the molecule is N#C[C@H]1O[C@@H]1c1ccc(F)cc1. The lowest BCUT2D eigenvalue weighted by atomic mass is 10.1. The Labute approximate surface area is 69.2 Å². The van der Waals surface area contributed by atoms with Gasteiger partial charge in [0.2, 0.25) is 0 Å². The standard InChI is InChI=1S/C9H6FNO/c10-7-3-1-6(2-4-7)9-8(5-11)12-9/h1-4,8-9H/t8-,9-/m1/s1. The molecule has 0 aliphatic carbocycles. The zero-order valence-corrected chi connectivity index (χ0v) is 6.20. The highest BCUT2D eigenvalue weighted by molar-refractivity contribution is 5.25. The predicted molar refractivity (Wildman–Crippen MR) is 39.6 cm³/mol. The summed E-state index contributed by atoms with van der Waals surface area (Å²) in [4.78, 5) is 0. The molecule has 0 spiro atoms. The second-order valence-corrected chi connectivity index (χ2v) is 2.66. The van der Waals surface area contributed by atoms with Gasteiger partial charge in [-0.05, 0) is 17.7 Å². The second-order valence-electron chi connectivity index (χ2n) is 2.66. The molecule has 2 atom stereocenters. The zero-order chi connectivity index (χ0) is 8.55. The lowest BCUT2D eigenvalue weighted by Gasteiger charge is -1.92. The Morgan fingerprint density at radius 2 is 2.00 bits per heavy atom. The predicted octanol–water partition coefficient (Wildman–Crippen LogP) is 1.79. The van der Waals surface area contributed by atoms with Crippen LogP contribution in [0.1, 0.15) is 11.7 Å². The van der Waals surface area contributed by atoms with Crippen LogP contribution in [0.15, 0.2) is 24.3 Å². The normalized spacial score (nSPS) is 26.3. The molecule has 12 heavy (non-hydrogen) atoms. The van der Waals surface area contributed by atoms with E-state index in [0.29, 0.717) is 0 Å². The first-order valence-corrected chi connectivity index (χ1v) is 3.62. The summed E-state index contributed by atoms with van der Waals surface area (Å²) >= 11 is 0. The largest absolute Gasteiger partial charge is 0.348 e. The molecule has 1 heterocycles. The van der Waals surface area contributed by atoms with Gasteiger partial charge in [0, 0.05) is 0 Å². The molecule has 0 bridgehead atoms. The second kappa shape index (κ2) is 2.58. The molecular weight excluding hydrogens is 157 g/mol. The third-order valence-electron chi connectivity index (χ3n) is 1.82. The molecule has 0 unspecified atom stereocenters. The van der Waals surface area contributed by atoms with Gasteiger partial charge >= 0.3 is 0 Å². The Morgan fingerprint density at radius 1 is 1.33 bits per heavy atom. The monoisotopic (exact) mass is 163 g/mol. The zero-order valence-electron chi connectivity index (χ0n) is 6.20. The van der Waals surface area contributed by atoms with Gasteiger partial charge in [0.05, 0.1) is 6.07 Å². The van der Waals surface area contributed by atoms with Gasteiger partial charge in [0.15, 0.2) is 6.10 Å². The molecule has 1 fully saturated rings. The first kappa shape index (κ1) is 7.26. The smallest absolute Gasteiger partial charge is 0.175 e. The number of nitriles is 1. The number of rotatable bonds is 1. The van der Waals surface area contributed by atoms with E-state index in [-0.39, 0.29) is 18.0 Å². The topological polar surface area (TPSA) is 36.3 Å². The van der Waals surface area contributed by atoms with Crippen molar-refractivity contribution in [2.45, 2.75) is 12.2 Å². The molecule has 2 rings (SSSR count). The van der Waals surface area contributed by atoms with Crippen molar-refractivity contribution in [1.29, 1.82) is 5.26 Å². The number of benzene rings is 1. The van der Waals surface area contributed by atoms with Gasteiger partial charge in [-0.25, -0.2) is 4.39 Å². The van der Waals surface area contributed by atoms with Crippen LogP contribution >= 0.6 is 0 Å². The lowest BCUT2D eigenvalue weighted by Crippen LogP contribution is -1.84. The summed E-state index contributed by atoms with van der Waals surface area (Å²) in [6.45, 7) is 0. The Kier molecular flexibility index (Phi) is 1.56. The van der Waals surface area contributed by atoms with E-state index < -0.39 is 0 Å². The average Bonchev–Trinajstić information content (AvgIpc) is 2.85. The van der Waals surface area contributed by atoms with Gasteiger partial charge in [-0.15, -0.1) is 0 Å². The Morgan fingerprint density at radius 3 is 2.50 bits per heavy atom. The molecule has 0 radical (unpaired) electrons. The third-order valence-corrected chi connectivity index (χ3v) is 1.82. The molecule has 2 nitrogen and oxygen atoms in total. The molecule has 0 amide bonds. The summed E-state index contributed by atoms with van der Waals surface area (Å²) in [6, 6.07) is 7.99. The van der Waals surface area contributed by atoms with Crippen LogP contribution in [0.3, 0.4) is 0 Å². The van der Waals surface area contributed by atoms with Gasteiger partial charge in [0.1, 0.15) is 11.9 Å². The van der Waals surface area contributed by atoms with Crippen LogP contribution in [0.5, 0.6) is 0 Å².